The summed E-state index contributed by atoms with van der Waals surface area (Å²) in [7, 11) is 0. The lowest BCUT2D eigenvalue weighted by Crippen LogP contribution is -2.45. The Kier molecular flexibility index (Phi) is 6.80. The van der Waals surface area contributed by atoms with Crippen molar-refractivity contribution >= 4 is 17.5 Å². The summed E-state index contributed by atoms with van der Waals surface area (Å²) in [4.78, 5) is 31.7. The van der Waals surface area contributed by atoms with Gasteiger partial charge in [0.15, 0.2) is 0 Å². The van der Waals surface area contributed by atoms with Crippen molar-refractivity contribution in [3.05, 3.63) is 95.3 Å². The van der Waals surface area contributed by atoms with E-state index < -0.39 is 0 Å². The molecule has 0 spiro atoms. The molecule has 2 aromatic carbocycles. The first kappa shape index (κ1) is 21.6. The molecule has 164 valence electrons. The monoisotopic (exact) mass is 428 g/mol. The molecule has 2 heterocycles. The second-order valence-electron chi connectivity index (χ2n) is 8.10. The highest BCUT2D eigenvalue weighted by molar-refractivity contribution is 6.00. The number of carbonyl (C=O) groups is 2. The number of nitrogens with one attached hydrogen (secondary N) is 2. The second-order valence-corrected chi connectivity index (χ2v) is 8.10. The quantitative estimate of drug-likeness (QED) is 0.628. The van der Waals surface area contributed by atoms with Crippen LogP contribution in [0, 0.1) is 6.92 Å². The Morgan fingerprint density at radius 2 is 1.56 bits per heavy atom. The first-order valence-electron chi connectivity index (χ1n) is 11.0. The molecule has 1 aromatic heterocycles. The van der Waals surface area contributed by atoms with Crippen molar-refractivity contribution < 1.29 is 9.59 Å². The number of hydrogen-bond donors (Lipinski definition) is 2. The summed E-state index contributed by atoms with van der Waals surface area (Å²) in [6, 6.07) is 19.3. The van der Waals surface area contributed by atoms with Crippen LogP contribution in [0.25, 0.3) is 0 Å². The standard InChI is InChI=1S/C26H28N4O2/c1-19-6-2-3-7-22(19)26(32)29-21-12-16-30(17-13-21)24-9-5-4-8-23(24)25(31)28-18-20-10-14-27-15-11-20/h2-11,14-15,21H,12-13,16-18H2,1H3,(H,28,31)(H,29,32). The third-order valence-electron chi connectivity index (χ3n) is 5.91. The van der Waals surface area contributed by atoms with Crippen molar-refractivity contribution in [2.45, 2.75) is 32.4 Å². The zero-order chi connectivity index (χ0) is 22.3. The van der Waals surface area contributed by atoms with Crippen LogP contribution in [0.3, 0.4) is 0 Å². The molecule has 1 saturated heterocycles. The van der Waals surface area contributed by atoms with Gasteiger partial charge < -0.3 is 15.5 Å². The van der Waals surface area contributed by atoms with Crippen LogP contribution in [-0.2, 0) is 6.54 Å². The fourth-order valence-corrected chi connectivity index (χ4v) is 4.08. The van der Waals surface area contributed by atoms with Gasteiger partial charge in [-0.2, -0.15) is 0 Å². The summed E-state index contributed by atoms with van der Waals surface area (Å²) < 4.78 is 0. The molecule has 0 bridgehead atoms. The number of pyridine rings is 1. The number of anilines is 1. The normalized spacial score (nSPS) is 14.1. The van der Waals surface area contributed by atoms with Gasteiger partial charge in [-0.3, -0.25) is 14.6 Å². The predicted molar refractivity (Wildman–Crippen MR) is 126 cm³/mol. The molecule has 0 unspecified atom stereocenters. The average Bonchev–Trinajstić information content (AvgIpc) is 2.84. The van der Waals surface area contributed by atoms with Crippen LogP contribution in [0.4, 0.5) is 5.69 Å². The minimum atomic E-state index is -0.0904. The summed E-state index contributed by atoms with van der Waals surface area (Å²) in [6.07, 6.45) is 5.12. The molecule has 0 atom stereocenters. The van der Waals surface area contributed by atoms with E-state index in [-0.39, 0.29) is 17.9 Å². The molecule has 32 heavy (non-hydrogen) atoms. The Morgan fingerprint density at radius 3 is 2.28 bits per heavy atom. The van der Waals surface area contributed by atoms with Crippen LogP contribution < -0.4 is 15.5 Å². The van der Waals surface area contributed by atoms with Gasteiger partial charge in [-0.05, 0) is 61.2 Å². The molecule has 0 aliphatic carbocycles. The van der Waals surface area contributed by atoms with E-state index in [1.165, 1.54) is 0 Å². The Labute approximate surface area is 188 Å². The van der Waals surface area contributed by atoms with E-state index in [0.29, 0.717) is 12.1 Å². The fourth-order valence-electron chi connectivity index (χ4n) is 4.08. The van der Waals surface area contributed by atoms with Crippen LogP contribution in [-0.4, -0.2) is 35.9 Å². The predicted octanol–water partition coefficient (Wildman–Crippen LogP) is 3.72. The van der Waals surface area contributed by atoms with Crippen LogP contribution >= 0.6 is 0 Å². The maximum atomic E-state index is 12.9. The molecule has 6 nitrogen and oxygen atoms in total. The van der Waals surface area contributed by atoms with Crippen molar-refractivity contribution in [2.24, 2.45) is 0 Å². The van der Waals surface area contributed by atoms with E-state index in [1.807, 2.05) is 67.6 Å². The van der Waals surface area contributed by atoms with Crippen molar-refractivity contribution in [1.82, 2.24) is 15.6 Å². The fraction of sp³-hybridized carbons (Fsp3) is 0.269. The third-order valence-corrected chi connectivity index (χ3v) is 5.91. The van der Waals surface area contributed by atoms with E-state index >= 15 is 0 Å². The third kappa shape index (κ3) is 5.14. The summed E-state index contributed by atoms with van der Waals surface area (Å²) in [5, 5.41) is 6.18. The van der Waals surface area contributed by atoms with Crippen molar-refractivity contribution in [2.75, 3.05) is 18.0 Å². The molecule has 0 saturated carbocycles. The first-order valence-corrected chi connectivity index (χ1v) is 11.0. The van der Waals surface area contributed by atoms with Crippen molar-refractivity contribution in [3.8, 4) is 0 Å². The van der Waals surface area contributed by atoms with Crippen LogP contribution in [0.1, 0.15) is 44.7 Å². The average molecular weight is 429 g/mol. The van der Waals surface area contributed by atoms with Crippen molar-refractivity contribution in [1.29, 1.82) is 0 Å². The van der Waals surface area contributed by atoms with E-state index in [4.69, 9.17) is 0 Å². The van der Waals surface area contributed by atoms with Crippen molar-refractivity contribution in [3.63, 3.8) is 0 Å². The van der Waals surface area contributed by atoms with E-state index in [9.17, 15) is 9.59 Å². The molecule has 1 aliphatic rings. The topological polar surface area (TPSA) is 74.3 Å². The van der Waals surface area contributed by atoms with Crippen LogP contribution in [0.15, 0.2) is 73.1 Å². The zero-order valence-electron chi connectivity index (χ0n) is 18.3. The lowest BCUT2D eigenvalue weighted by Gasteiger charge is -2.35. The number of hydrogen-bond acceptors (Lipinski definition) is 4. The molecule has 2 N–H and O–H groups in total. The second kappa shape index (κ2) is 10.1. The van der Waals surface area contributed by atoms with Gasteiger partial charge in [0.25, 0.3) is 11.8 Å². The number of rotatable bonds is 6. The summed E-state index contributed by atoms with van der Waals surface area (Å²) in [5.41, 5.74) is 4.32. The summed E-state index contributed by atoms with van der Waals surface area (Å²) >= 11 is 0. The smallest absolute Gasteiger partial charge is 0.253 e. The van der Waals surface area contributed by atoms with Gasteiger partial charge in [-0.25, -0.2) is 0 Å². The van der Waals surface area contributed by atoms with Gasteiger partial charge in [-0.1, -0.05) is 30.3 Å². The number of amides is 2. The van der Waals surface area contributed by atoms with Gasteiger partial charge in [0.2, 0.25) is 0 Å². The van der Waals surface area contributed by atoms with Gasteiger partial charge >= 0.3 is 0 Å². The largest absolute Gasteiger partial charge is 0.371 e. The number of aryl methyl sites for hydroxylation is 1. The molecule has 1 fully saturated rings. The Bertz CT molecular complexity index is 1080. The van der Waals surface area contributed by atoms with Gasteiger partial charge in [0.1, 0.15) is 0 Å². The minimum absolute atomic E-state index is 0.0163. The summed E-state index contributed by atoms with van der Waals surface area (Å²) in [6.45, 7) is 3.98. The molecule has 1 aliphatic heterocycles. The highest BCUT2D eigenvalue weighted by Crippen LogP contribution is 2.24. The summed E-state index contributed by atoms with van der Waals surface area (Å²) in [5.74, 6) is -0.107. The van der Waals surface area contributed by atoms with Crippen LogP contribution in [0.5, 0.6) is 0 Å². The molecule has 6 heteroatoms. The zero-order valence-corrected chi connectivity index (χ0v) is 18.3. The Balaban J connectivity index is 1.36. The number of benzene rings is 2. The highest BCUT2D eigenvalue weighted by atomic mass is 16.2. The molecule has 0 radical (unpaired) electrons. The number of piperidine rings is 1. The van der Waals surface area contributed by atoms with Gasteiger partial charge in [0, 0.05) is 49.3 Å². The van der Waals surface area contributed by atoms with Gasteiger partial charge in [-0.15, -0.1) is 0 Å². The van der Waals surface area contributed by atoms with Crippen LogP contribution in [0.2, 0.25) is 0 Å². The Morgan fingerprint density at radius 1 is 0.906 bits per heavy atom. The van der Waals surface area contributed by atoms with E-state index in [0.717, 1.165) is 48.3 Å². The molecule has 3 aromatic rings. The molecule has 4 rings (SSSR count). The number of para-hydroxylation sites is 1. The molecular weight excluding hydrogens is 400 g/mol. The highest BCUT2D eigenvalue weighted by Gasteiger charge is 2.24. The minimum Gasteiger partial charge on any atom is -0.371 e. The maximum absolute atomic E-state index is 12.9. The molecular formula is C26H28N4O2. The lowest BCUT2D eigenvalue weighted by molar-refractivity contribution is 0.0929. The maximum Gasteiger partial charge on any atom is 0.253 e. The number of carbonyl (C=O) groups excluding carboxylic acids is 2. The number of aromatic nitrogens is 1. The number of nitrogens with zero attached hydrogens (tertiary/aromatic N) is 2. The lowest BCUT2D eigenvalue weighted by atomic mass is 10.0. The van der Waals surface area contributed by atoms with E-state index in [2.05, 4.69) is 20.5 Å². The first-order chi connectivity index (χ1) is 15.6. The Hall–Kier alpha value is -3.67. The van der Waals surface area contributed by atoms with E-state index in [1.54, 1.807) is 12.4 Å². The molecule has 2 amide bonds. The SMILES string of the molecule is Cc1ccccc1C(=O)NC1CCN(c2ccccc2C(=O)NCc2ccncc2)CC1. The van der Waals surface area contributed by atoms with Gasteiger partial charge in [0.05, 0.1) is 5.56 Å².